The lowest BCUT2D eigenvalue weighted by Crippen LogP contribution is -2.02. The molecule has 0 unspecified atom stereocenters. The second-order valence-electron chi connectivity index (χ2n) is 4.71. The number of hydrogen-bond donors (Lipinski definition) is 0. The van der Waals surface area contributed by atoms with Crippen LogP contribution in [0.1, 0.15) is 11.5 Å². The number of alkyl halides is 1. The van der Waals surface area contributed by atoms with E-state index < -0.39 is 0 Å². The molecule has 4 nitrogen and oxygen atoms in total. The summed E-state index contributed by atoms with van der Waals surface area (Å²) in [6, 6.07) is 6.11. The van der Waals surface area contributed by atoms with Gasteiger partial charge in [0, 0.05) is 30.0 Å². The molecule has 0 aliphatic rings. The van der Waals surface area contributed by atoms with Gasteiger partial charge in [0.1, 0.15) is 5.82 Å². The Morgan fingerprint density at radius 1 is 1.35 bits per heavy atom. The third-order valence-electron chi connectivity index (χ3n) is 3.23. The first kappa shape index (κ1) is 13.6. The minimum absolute atomic E-state index is 0.545. The molecule has 0 amide bonds. The Morgan fingerprint density at radius 2 is 2.15 bits per heavy atom. The van der Waals surface area contributed by atoms with Gasteiger partial charge < -0.3 is 0 Å². The molecule has 2 aromatic heterocycles. The predicted octanol–water partition coefficient (Wildman–Crippen LogP) is 3.61. The zero-order chi connectivity index (χ0) is 14.3. The van der Waals surface area contributed by atoms with Gasteiger partial charge in [-0.2, -0.15) is 5.10 Å². The van der Waals surface area contributed by atoms with Gasteiger partial charge in [0.25, 0.3) is 0 Å². The van der Waals surface area contributed by atoms with Crippen LogP contribution in [-0.4, -0.2) is 25.2 Å². The van der Waals surface area contributed by atoms with Gasteiger partial charge >= 0.3 is 0 Å². The van der Waals surface area contributed by atoms with E-state index in [2.05, 4.69) is 31.7 Å². The SMILES string of the molecule is Cc1nn(C)cc1-n1c(CCCl)nc2cc(Br)ccc21. The standard InChI is InChI=1S/C14H14BrClN4/c1-9-13(8-19(2)18-9)20-12-4-3-10(15)7-11(12)17-14(20)5-6-16/h3-4,7-8H,5-6H2,1-2H3. The third-order valence-corrected chi connectivity index (χ3v) is 3.91. The number of fused-ring (bicyclic) bond motifs is 1. The number of imidazole rings is 1. The maximum atomic E-state index is 5.92. The fourth-order valence-corrected chi connectivity index (χ4v) is 2.95. The lowest BCUT2D eigenvalue weighted by atomic mass is 10.3. The van der Waals surface area contributed by atoms with E-state index in [0.29, 0.717) is 5.88 Å². The molecule has 20 heavy (non-hydrogen) atoms. The normalized spacial score (nSPS) is 11.4. The maximum absolute atomic E-state index is 5.92. The van der Waals surface area contributed by atoms with Crippen molar-refractivity contribution in [3.63, 3.8) is 0 Å². The fraction of sp³-hybridized carbons (Fsp3) is 0.286. The van der Waals surface area contributed by atoms with Crippen LogP contribution in [0.4, 0.5) is 0 Å². The van der Waals surface area contributed by atoms with Gasteiger partial charge in [0.2, 0.25) is 0 Å². The summed E-state index contributed by atoms with van der Waals surface area (Å²) in [7, 11) is 1.92. The Kier molecular flexibility index (Phi) is 3.56. The molecule has 0 radical (unpaired) electrons. The Bertz CT molecular complexity index is 775. The number of aromatic nitrogens is 4. The number of halogens is 2. The van der Waals surface area contributed by atoms with Gasteiger partial charge in [-0.15, -0.1) is 11.6 Å². The third kappa shape index (κ3) is 2.25. The summed E-state index contributed by atoms with van der Waals surface area (Å²) < 4.78 is 4.99. The van der Waals surface area contributed by atoms with Gasteiger partial charge in [-0.3, -0.25) is 9.25 Å². The van der Waals surface area contributed by atoms with E-state index in [-0.39, 0.29) is 0 Å². The van der Waals surface area contributed by atoms with Crippen molar-refractivity contribution in [1.29, 1.82) is 0 Å². The van der Waals surface area contributed by atoms with Crippen LogP contribution in [0, 0.1) is 6.92 Å². The van der Waals surface area contributed by atoms with Crippen LogP contribution >= 0.6 is 27.5 Å². The van der Waals surface area contributed by atoms with E-state index in [1.807, 2.05) is 37.0 Å². The first-order valence-corrected chi connectivity index (χ1v) is 7.66. The summed E-state index contributed by atoms with van der Waals surface area (Å²) in [6.45, 7) is 2.00. The van der Waals surface area contributed by atoms with Crippen molar-refractivity contribution >= 4 is 38.6 Å². The zero-order valence-electron chi connectivity index (χ0n) is 11.3. The molecule has 3 rings (SSSR count). The predicted molar refractivity (Wildman–Crippen MR) is 84.7 cm³/mol. The monoisotopic (exact) mass is 352 g/mol. The number of nitrogens with zero attached hydrogens (tertiary/aromatic N) is 4. The Balaban J connectivity index is 2.31. The van der Waals surface area contributed by atoms with E-state index in [1.54, 1.807) is 0 Å². The van der Waals surface area contributed by atoms with E-state index in [4.69, 9.17) is 16.6 Å². The summed E-state index contributed by atoms with van der Waals surface area (Å²) in [4.78, 5) is 4.70. The highest BCUT2D eigenvalue weighted by Gasteiger charge is 2.15. The number of benzene rings is 1. The molecule has 6 heteroatoms. The molecule has 0 N–H and O–H groups in total. The summed E-state index contributed by atoms with van der Waals surface area (Å²) in [6.07, 6.45) is 2.73. The van der Waals surface area contributed by atoms with Crippen molar-refractivity contribution in [3.8, 4) is 5.69 Å². The van der Waals surface area contributed by atoms with Crippen LogP contribution in [-0.2, 0) is 13.5 Å². The molecule has 0 aliphatic heterocycles. The Morgan fingerprint density at radius 3 is 2.80 bits per heavy atom. The molecule has 0 spiro atoms. The smallest absolute Gasteiger partial charge is 0.115 e. The van der Waals surface area contributed by atoms with E-state index in [1.165, 1.54) is 0 Å². The first-order chi connectivity index (χ1) is 9.60. The van der Waals surface area contributed by atoms with Crippen molar-refractivity contribution in [2.45, 2.75) is 13.3 Å². The number of aryl methyl sites for hydroxylation is 3. The van der Waals surface area contributed by atoms with E-state index >= 15 is 0 Å². The minimum atomic E-state index is 0.545. The highest BCUT2D eigenvalue weighted by molar-refractivity contribution is 9.10. The zero-order valence-corrected chi connectivity index (χ0v) is 13.6. The number of hydrogen-bond acceptors (Lipinski definition) is 2. The Hall–Kier alpha value is -1.33. The van der Waals surface area contributed by atoms with Crippen molar-refractivity contribution in [1.82, 2.24) is 19.3 Å². The average Bonchev–Trinajstić information content (AvgIpc) is 2.89. The lowest BCUT2D eigenvalue weighted by molar-refractivity contribution is 0.756. The molecular formula is C14H14BrClN4. The molecule has 0 saturated carbocycles. The summed E-state index contributed by atoms with van der Waals surface area (Å²) in [5.74, 6) is 1.51. The summed E-state index contributed by atoms with van der Waals surface area (Å²) >= 11 is 9.40. The van der Waals surface area contributed by atoms with Crippen LogP contribution in [0.5, 0.6) is 0 Å². The van der Waals surface area contributed by atoms with Crippen LogP contribution in [0.2, 0.25) is 0 Å². The average molecular weight is 354 g/mol. The van der Waals surface area contributed by atoms with Crippen LogP contribution in [0.3, 0.4) is 0 Å². The minimum Gasteiger partial charge on any atom is -0.293 e. The quantitative estimate of drug-likeness (QED) is 0.674. The second kappa shape index (κ2) is 5.22. The van der Waals surface area contributed by atoms with E-state index in [0.717, 1.165) is 39.1 Å². The van der Waals surface area contributed by atoms with Crippen molar-refractivity contribution in [2.75, 3.05) is 5.88 Å². The highest BCUT2D eigenvalue weighted by Crippen LogP contribution is 2.26. The molecule has 1 aromatic carbocycles. The fourth-order valence-electron chi connectivity index (χ4n) is 2.43. The first-order valence-electron chi connectivity index (χ1n) is 6.33. The highest BCUT2D eigenvalue weighted by atomic mass is 79.9. The van der Waals surface area contributed by atoms with Gasteiger partial charge in [0.15, 0.2) is 0 Å². The molecule has 0 bridgehead atoms. The molecule has 2 heterocycles. The maximum Gasteiger partial charge on any atom is 0.115 e. The van der Waals surface area contributed by atoms with Crippen molar-refractivity contribution < 1.29 is 0 Å². The van der Waals surface area contributed by atoms with E-state index in [9.17, 15) is 0 Å². The summed E-state index contributed by atoms with van der Waals surface area (Å²) in [5, 5.41) is 4.42. The summed E-state index contributed by atoms with van der Waals surface area (Å²) in [5.41, 5.74) is 4.06. The van der Waals surface area contributed by atoms with Gasteiger partial charge in [-0.05, 0) is 25.1 Å². The largest absolute Gasteiger partial charge is 0.293 e. The molecule has 104 valence electrons. The van der Waals surface area contributed by atoms with Gasteiger partial charge in [-0.25, -0.2) is 4.98 Å². The number of rotatable bonds is 3. The molecule has 0 saturated heterocycles. The van der Waals surface area contributed by atoms with Crippen LogP contribution in [0.15, 0.2) is 28.9 Å². The van der Waals surface area contributed by atoms with Crippen molar-refractivity contribution in [3.05, 3.63) is 40.4 Å². The van der Waals surface area contributed by atoms with Gasteiger partial charge in [-0.1, -0.05) is 15.9 Å². The molecule has 0 aliphatic carbocycles. The van der Waals surface area contributed by atoms with Crippen LogP contribution < -0.4 is 0 Å². The van der Waals surface area contributed by atoms with Gasteiger partial charge in [0.05, 0.1) is 22.4 Å². The topological polar surface area (TPSA) is 35.6 Å². The molecule has 0 fully saturated rings. The molecular weight excluding hydrogens is 340 g/mol. The Labute approximate surface area is 130 Å². The molecule has 0 atom stereocenters. The van der Waals surface area contributed by atoms with Crippen LogP contribution in [0.25, 0.3) is 16.7 Å². The molecule has 3 aromatic rings. The van der Waals surface area contributed by atoms with Crippen molar-refractivity contribution in [2.24, 2.45) is 7.05 Å². The second-order valence-corrected chi connectivity index (χ2v) is 6.00. The lowest BCUT2D eigenvalue weighted by Gasteiger charge is -2.06.